The first-order chi connectivity index (χ1) is 14.4. The second kappa shape index (κ2) is 9.95. The molecule has 0 saturated carbocycles. The third-order valence-electron chi connectivity index (χ3n) is 5.59. The molecule has 1 aliphatic heterocycles. The molecule has 162 valence electrons. The number of hydrogen-bond acceptors (Lipinski definition) is 7. The third kappa shape index (κ3) is 5.52. The van der Waals surface area contributed by atoms with Gasteiger partial charge in [-0.1, -0.05) is 25.5 Å². The zero-order valence-electron chi connectivity index (χ0n) is 18.0. The van der Waals surface area contributed by atoms with Gasteiger partial charge in [-0.15, -0.1) is 0 Å². The van der Waals surface area contributed by atoms with E-state index in [-0.39, 0.29) is 16.7 Å². The van der Waals surface area contributed by atoms with E-state index in [9.17, 15) is 15.2 Å². The summed E-state index contributed by atoms with van der Waals surface area (Å²) in [6.07, 6.45) is 2.20. The molecule has 0 bridgehead atoms. The fourth-order valence-electron chi connectivity index (χ4n) is 3.99. The van der Waals surface area contributed by atoms with Gasteiger partial charge in [0.1, 0.15) is 11.6 Å². The van der Waals surface area contributed by atoms with Crippen molar-refractivity contribution >= 4 is 11.5 Å². The lowest BCUT2D eigenvalue weighted by Crippen LogP contribution is -2.49. The monoisotopic (exact) mass is 413 g/mol. The standard InChI is InChI=1S/C22H31N5O3/c1-4-5-20(28)15-25-10-12-26(13-11-25)22-21(16(2)23-17(3)24-22)14-18-6-8-19(9-7-18)27(29)30/h6-9,20,28H,4-5,10-15H2,1-3H3/t20-/m0/s1. The molecule has 2 aromatic rings. The molecular weight excluding hydrogens is 382 g/mol. The van der Waals surface area contributed by atoms with E-state index in [2.05, 4.69) is 21.7 Å². The smallest absolute Gasteiger partial charge is 0.269 e. The van der Waals surface area contributed by atoms with Crippen LogP contribution in [-0.4, -0.2) is 63.7 Å². The zero-order chi connectivity index (χ0) is 21.7. The molecule has 1 aromatic heterocycles. The van der Waals surface area contributed by atoms with E-state index in [0.29, 0.717) is 6.42 Å². The average molecular weight is 414 g/mol. The number of aryl methyl sites for hydroxylation is 2. The molecule has 1 atom stereocenters. The highest BCUT2D eigenvalue weighted by atomic mass is 16.6. The quantitative estimate of drug-likeness (QED) is 0.525. The molecule has 1 aromatic carbocycles. The summed E-state index contributed by atoms with van der Waals surface area (Å²) in [5.74, 6) is 1.70. The summed E-state index contributed by atoms with van der Waals surface area (Å²) in [6, 6.07) is 6.68. The number of hydrogen-bond donors (Lipinski definition) is 1. The number of nitrogens with zero attached hydrogens (tertiary/aromatic N) is 5. The average Bonchev–Trinajstić information content (AvgIpc) is 2.71. The summed E-state index contributed by atoms with van der Waals surface area (Å²) in [4.78, 5) is 24.4. The Bertz CT molecular complexity index is 864. The molecular formula is C22H31N5O3. The van der Waals surface area contributed by atoms with Crippen molar-refractivity contribution in [2.45, 2.75) is 46.1 Å². The first-order valence-electron chi connectivity index (χ1n) is 10.6. The molecule has 0 unspecified atom stereocenters. The number of aromatic nitrogens is 2. The molecule has 1 aliphatic rings. The van der Waals surface area contributed by atoms with Crippen LogP contribution in [0.3, 0.4) is 0 Å². The Morgan fingerprint density at radius 2 is 1.80 bits per heavy atom. The number of aliphatic hydroxyl groups excluding tert-OH is 1. The Labute approximate surface area is 177 Å². The number of non-ortho nitro benzene ring substituents is 1. The second-order valence-electron chi connectivity index (χ2n) is 7.99. The molecule has 0 amide bonds. The van der Waals surface area contributed by atoms with E-state index in [0.717, 1.165) is 74.0 Å². The minimum atomic E-state index is -0.383. The van der Waals surface area contributed by atoms with E-state index in [4.69, 9.17) is 4.98 Å². The van der Waals surface area contributed by atoms with Gasteiger partial charge in [0.25, 0.3) is 5.69 Å². The number of anilines is 1. The van der Waals surface area contributed by atoms with Crippen LogP contribution in [0, 0.1) is 24.0 Å². The van der Waals surface area contributed by atoms with E-state index in [1.807, 2.05) is 13.8 Å². The van der Waals surface area contributed by atoms with Crippen molar-refractivity contribution in [2.75, 3.05) is 37.6 Å². The van der Waals surface area contributed by atoms with Crippen molar-refractivity contribution < 1.29 is 10.0 Å². The van der Waals surface area contributed by atoms with Crippen molar-refractivity contribution in [2.24, 2.45) is 0 Å². The van der Waals surface area contributed by atoms with E-state index < -0.39 is 0 Å². The SMILES string of the molecule is CCC[C@H](O)CN1CCN(c2nc(C)nc(C)c2Cc2ccc([N+](=O)[O-])cc2)CC1. The van der Waals surface area contributed by atoms with Gasteiger partial charge < -0.3 is 10.0 Å². The summed E-state index contributed by atoms with van der Waals surface area (Å²) in [5, 5.41) is 21.0. The van der Waals surface area contributed by atoms with Crippen LogP contribution in [-0.2, 0) is 6.42 Å². The normalized spacial score (nSPS) is 15.9. The van der Waals surface area contributed by atoms with Gasteiger partial charge in [-0.2, -0.15) is 0 Å². The van der Waals surface area contributed by atoms with Crippen LogP contribution in [0.5, 0.6) is 0 Å². The van der Waals surface area contributed by atoms with Gasteiger partial charge in [0.15, 0.2) is 0 Å². The second-order valence-corrected chi connectivity index (χ2v) is 7.99. The maximum atomic E-state index is 10.9. The summed E-state index contributed by atoms with van der Waals surface area (Å²) in [7, 11) is 0. The van der Waals surface area contributed by atoms with Gasteiger partial charge in [-0.25, -0.2) is 9.97 Å². The lowest BCUT2D eigenvalue weighted by molar-refractivity contribution is -0.384. The van der Waals surface area contributed by atoms with E-state index in [1.54, 1.807) is 24.3 Å². The molecule has 1 fully saturated rings. The van der Waals surface area contributed by atoms with Gasteiger partial charge in [-0.3, -0.25) is 15.0 Å². The van der Waals surface area contributed by atoms with Crippen LogP contribution in [0.25, 0.3) is 0 Å². The molecule has 3 rings (SSSR count). The number of β-amino-alcohol motifs (C(OH)–C–C–N with tert-alkyl or cyclic N) is 1. The van der Waals surface area contributed by atoms with E-state index in [1.165, 1.54) is 0 Å². The molecule has 8 heteroatoms. The number of aliphatic hydroxyl groups is 1. The van der Waals surface area contributed by atoms with Crippen LogP contribution in [0.15, 0.2) is 24.3 Å². The van der Waals surface area contributed by atoms with Crippen molar-refractivity contribution in [3.8, 4) is 0 Å². The van der Waals surface area contributed by atoms with Crippen molar-refractivity contribution in [1.29, 1.82) is 0 Å². The van der Waals surface area contributed by atoms with Crippen LogP contribution >= 0.6 is 0 Å². The summed E-state index contributed by atoms with van der Waals surface area (Å²) < 4.78 is 0. The predicted molar refractivity (Wildman–Crippen MR) is 117 cm³/mol. The number of rotatable bonds is 8. The largest absolute Gasteiger partial charge is 0.392 e. The van der Waals surface area contributed by atoms with Gasteiger partial charge >= 0.3 is 0 Å². The summed E-state index contributed by atoms with van der Waals surface area (Å²) in [6.45, 7) is 10.2. The highest BCUT2D eigenvalue weighted by Gasteiger charge is 2.23. The lowest BCUT2D eigenvalue weighted by atomic mass is 10.0. The zero-order valence-corrected chi connectivity index (χ0v) is 18.0. The Balaban J connectivity index is 1.75. The molecule has 2 heterocycles. The number of nitro groups is 1. The predicted octanol–water partition coefficient (Wildman–Crippen LogP) is 2.88. The Morgan fingerprint density at radius 1 is 1.13 bits per heavy atom. The van der Waals surface area contributed by atoms with Gasteiger partial charge in [0.05, 0.1) is 11.0 Å². The summed E-state index contributed by atoms with van der Waals surface area (Å²) >= 11 is 0. The van der Waals surface area contributed by atoms with Gasteiger partial charge in [-0.05, 0) is 25.8 Å². The van der Waals surface area contributed by atoms with Gasteiger partial charge in [0, 0.05) is 62.5 Å². The molecule has 30 heavy (non-hydrogen) atoms. The fourth-order valence-corrected chi connectivity index (χ4v) is 3.99. The van der Waals surface area contributed by atoms with Crippen LogP contribution in [0.2, 0.25) is 0 Å². The van der Waals surface area contributed by atoms with Crippen molar-refractivity contribution in [3.63, 3.8) is 0 Å². The molecule has 0 aliphatic carbocycles. The van der Waals surface area contributed by atoms with Crippen molar-refractivity contribution in [3.05, 3.63) is 57.0 Å². The first-order valence-corrected chi connectivity index (χ1v) is 10.6. The van der Waals surface area contributed by atoms with Crippen LogP contribution in [0.4, 0.5) is 11.5 Å². The van der Waals surface area contributed by atoms with Gasteiger partial charge in [0.2, 0.25) is 0 Å². The number of benzene rings is 1. The fraction of sp³-hybridized carbons (Fsp3) is 0.545. The molecule has 0 spiro atoms. The minimum Gasteiger partial charge on any atom is -0.392 e. The number of piperazine rings is 1. The Morgan fingerprint density at radius 3 is 2.40 bits per heavy atom. The van der Waals surface area contributed by atoms with Crippen LogP contribution in [0.1, 0.15) is 42.4 Å². The summed E-state index contributed by atoms with van der Waals surface area (Å²) in [5.41, 5.74) is 3.10. The molecule has 1 saturated heterocycles. The highest BCUT2D eigenvalue weighted by Crippen LogP contribution is 2.26. The topological polar surface area (TPSA) is 95.6 Å². The maximum absolute atomic E-state index is 10.9. The molecule has 1 N–H and O–H groups in total. The lowest BCUT2D eigenvalue weighted by Gasteiger charge is -2.37. The first kappa shape index (κ1) is 22.1. The van der Waals surface area contributed by atoms with Crippen LogP contribution < -0.4 is 4.90 Å². The highest BCUT2D eigenvalue weighted by molar-refractivity contribution is 5.52. The Kier molecular flexibility index (Phi) is 7.33. The Hall–Kier alpha value is -2.58. The number of nitro benzene ring substituents is 1. The molecule has 8 nitrogen and oxygen atoms in total. The van der Waals surface area contributed by atoms with Crippen molar-refractivity contribution in [1.82, 2.24) is 14.9 Å². The maximum Gasteiger partial charge on any atom is 0.269 e. The minimum absolute atomic E-state index is 0.0947. The molecule has 0 radical (unpaired) electrons. The van der Waals surface area contributed by atoms with E-state index >= 15 is 0 Å². The third-order valence-corrected chi connectivity index (χ3v) is 5.59.